The Hall–Kier alpha value is -2.06. The molecule has 0 unspecified atom stereocenters. The summed E-state index contributed by atoms with van der Waals surface area (Å²) in [5.74, 6) is -0.262. The average molecular weight is 611 g/mol. The van der Waals surface area contributed by atoms with E-state index in [1.54, 1.807) is 12.1 Å². The second-order valence-electron chi connectivity index (χ2n) is 9.35. The summed E-state index contributed by atoms with van der Waals surface area (Å²) in [6, 6.07) is 8.26. The van der Waals surface area contributed by atoms with Gasteiger partial charge in [0.25, 0.3) is 11.8 Å². The maximum absolute atomic E-state index is 13.0. The second-order valence-corrected chi connectivity index (χ2v) is 11.4. The van der Waals surface area contributed by atoms with Crippen LogP contribution in [0.25, 0.3) is 10.8 Å². The van der Waals surface area contributed by atoms with Crippen LogP contribution in [0.15, 0.2) is 34.8 Å². The van der Waals surface area contributed by atoms with Gasteiger partial charge in [-0.1, -0.05) is 28.1 Å². The predicted octanol–water partition coefficient (Wildman–Crippen LogP) is 1.25. The van der Waals surface area contributed by atoms with E-state index in [0.29, 0.717) is 48.3 Å². The van der Waals surface area contributed by atoms with Crippen LogP contribution >= 0.6 is 27.7 Å². The Morgan fingerprint density at radius 3 is 2.50 bits per heavy atom. The van der Waals surface area contributed by atoms with Crippen molar-refractivity contribution in [3.63, 3.8) is 0 Å². The van der Waals surface area contributed by atoms with Gasteiger partial charge in [-0.3, -0.25) is 19.3 Å². The van der Waals surface area contributed by atoms with Gasteiger partial charge in [0.05, 0.1) is 12.6 Å². The van der Waals surface area contributed by atoms with Crippen molar-refractivity contribution in [3.8, 4) is 0 Å². The van der Waals surface area contributed by atoms with E-state index in [1.165, 1.54) is 23.6 Å². The van der Waals surface area contributed by atoms with Crippen LogP contribution < -0.4 is 10.6 Å². The third-order valence-electron chi connectivity index (χ3n) is 6.70. The number of benzene rings is 2. The molecule has 5 N–H and O–H groups in total. The molecule has 12 heteroatoms. The van der Waals surface area contributed by atoms with E-state index in [9.17, 15) is 29.7 Å². The summed E-state index contributed by atoms with van der Waals surface area (Å²) in [6.45, 7) is 2.49. The van der Waals surface area contributed by atoms with Gasteiger partial charge in [-0.05, 0) is 55.3 Å². The van der Waals surface area contributed by atoms with Crippen LogP contribution in [0.2, 0.25) is 0 Å². The van der Waals surface area contributed by atoms with Gasteiger partial charge >= 0.3 is 0 Å². The Morgan fingerprint density at radius 2 is 1.79 bits per heavy atom. The first-order chi connectivity index (χ1) is 18.2. The molecule has 1 saturated heterocycles. The number of hydrogen-bond acceptors (Lipinski definition) is 9. The highest BCUT2D eigenvalue weighted by molar-refractivity contribution is 9.10. The SMILES string of the molecule is CC(=O)N[C@@H]1[C@@H](O)[C@H](O)[C@@H](CO)O[C@H]1SCCCNCCCN1C(=O)c2cccc3c(Br)ccc(c23)C1=O. The molecule has 2 aromatic carbocycles. The van der Waals surface area contributed by atoms with Crippen molar-refractivity contribution >= 4 is 56.2 Å². The molecule has 0 radical (unpaired) electrons. The molecule has 0 bridgehead atoms. The number of imide groups is 1. The minimum atomic E-state index is -1.29. The van der Waals surface area contributed by atoms with Crippen molar-refractivity contribution in [2.75, 3.05) is 32.0 Å². The van der Waals surface area contributed by atoms with Crippen molar-refractivity contribution < 1.29 is 34.4 Å². The zero-order valence-corrected chi connectivity index (χ0v) is 23.3. The highest BCUT2D eigenvalue weighted by Gasteiger charge is 2.44. The zero-order chi connectivity index (χ0) is 27.4. The summed E-state index contributed by atoms with van der Waals surface area (Å²) in [5, 5.41) is 37.4. The smallest absolute Gasteiger partial charge is 0.261 e. The van der Waals surface area contributed by atoms with Gasteiger partial charge in [0.15, 0.2) is 0 Å². The van der Waals surface area contributed by atoms with E-state index < -0.39 is 36.4 Å². The lowest BCUT2D eigenvalue weighted by molar-refractivity contribution is -0.173. The number of thioether (sulfide) groups is 1. The van der Waals surface area contributed by atoms with Gasteiger partial charge in [-0.25, -0.2) is 0 Å². The maximum Gasteiger partial charge on any atom is 0.261 e. The molecule has 0 aliphatic carbocycles. The molecular weight excluding hydrogens is 578 g/mol. The van der Waals surface area contributed by atoms with Crippen molar-refractivity contribution in [2.24, 2.45) is 0 Å². The number of hydrogen-bond donors (Lipinski definition) is 5. The van der Waals surface area contributed by atoms with Gasteiger partial charge in [-0.2, -0.15) is 0 Å². The van der Waals surface area contributed by atoms with E-state index in [2.05, 4.69) is 26.6 Å². The fourth-order valence-electron chi connectivity index (χ4n) is 4.81. The number of aliphatic hydroxyl groups is 3. The summed E-state index contributed by atoms with van der Waals surface area (Å²) in [7, 11) is 0. The molecule has 1 fully saturated rings. The first-order valence-corrected chi connectivity index (χ1v) is 14.4. The average Bonchev–Trinajstić information content (AvgIpc) is 2.90. The van der Waals surface area contributed by atoms with Crippen LogP contribution in [-0.2, 0) is 9.53 Å². The first kappa shape index (κ1) is 28.9. The molecule has 10 nitrogen and oxygen atoms in total. The van der Waals surface area contributed by atoms with Crippen molar-refractivity contribution in [1.82, 2.24) is 15.5 Å². The summed E-state index contributed by atoms with van der Waals surface area (Å²) < 4.78 is 6.56. The highest BCUT2D eigenvalue weighted by Crippen LogP contribution is 2.34. The second kappa shape index (κ2) is 12.9. The molecule has 5 atom stereocenters. The Bertz CT molecular complexity index is 1180. The Kier molecular flexibility index (Phi) is 9.79. The fraction of sp³-hybridized carbons (Fsp3) is 0.500. The molecule has 0 saturated carbocycles. The number of rotatable bonds is 11. The van der Waals surface area contributed by atoms with Crippen LogP contribution in [0.1, 0.15) is 40.5 Å². The van der Waals surface area contributed by atoms with E-state index >= 15 is 0 Å². The normalized spacial score (nSPS) is 25.2. The molecule has 2 aliphatic heterocycles. The third kappa shape index (κ3) is 6.06. The topological polar surface area (TPSA) is 148 Å². The lowest BCUT2D eigenvalue weighted by atomic mass is 9.94. The Labute approximate surface area is 233 Å². The monoisotopic (exact) mass is 609 g/mol. The van der Waals surface area contributed by atoms with Crippen LogP contribution in [-0.4, -0.2) is 99.7 Å². The number of ether oxygens (including phenoxy) is 1. The summed E-state index contributed by atoms with van der Waals surface area (Å²) in [4.78, 5) is 38.9. The van der Waals surface area contributed by atoms with Crippen LogP contribution in [0.5, 0.6) is 0 Å². The van der Waals surface area contributed by atoms with E-state index in [-0.39, 0.29) is 17.7 Å². The number of carbonyl (C=O) groups excluding carboxylic acids is 3. The highest BCUT2D eigenvalue weighted by atomic mass is 79.9. The van der Waals surface area contributed by atoms with Gasteiger partial charge < -0.3 is 30.7 Å². The molecule has 38 heavy (non-hydrogen) atoms. The molecule has 0 aromatic heterocycles. The lowest BCUT2D eigenvalue weighted by Crippen LogP contribution is -2.63. The third-order valence-corrected chi connectivity index (χ3v) is 8.65. The lowest BCUT2D eigenvalue weighted by Gasteiger charge is -2.42. The van der Waals surface area contributed by atoms with Crippen LogP contribution in [0, 0.1) is 0 Å². The number of nitrogens with one attached hydrogen (secondary N) is 2. The molecule has 4 rings (SSSR count). The van der Waals surface area contributed by atoms with Crippen molar-refractivity contribution in [1.29, 1.82) is 0 Å². The fourth-order valence-corrected chi connectivity index (χ4v) is 6.47. The minimum Gasteiger partial charge on any atom is -0.394 e. The molecule has 3 amide bonds. The van der Waals surface area contributed by atoms with Gasteiger partial charge in [0, 0.05) is 34.5 Å². The summed E-state index contributed by atoms with van der Waals surface area (Å²) in [5.41, 5.74) is 0.456. The van der Waals surface area contributed by atoms with Gasteiger partial charge in [-0.15, -0.1) is 11.8 Å². The van der Waals surface area contributed by atoms with Crippen molar-refractivity contribution in [2.45, 2.75) is 49.6 Å². The van der Waals surface area contributed by atoms with Gasteiger partial charge in [0.1, 0.15) is 23.7 Å². The molecular formula is C26H32BrN3O7S. The molecule has 2 aliphatic rings. The predicted molar refractivity (Wildman–Crippen MR) is 147 cm³/mol. The van der Waals surface area contributed by atoms with E-state index in [0.717, 1.165) is 16.3 Å². The molecule has 2 aromatic rings. The van der Waals surface area contributed by atoms with E-state index in [1.807, 2.05) is 18.2 Å². The molecule has 206 valence electrons. The number of amides is 3. The first-order valence-electron chi connectivity index (χ1n) is 12.5. The van der Waals surface area contributed by atoms with Gasteiger partial charge in [0.2, 0.25) is 5.91 Å². The van der Waals surface area contributed by atoms with Crippen LogP contribution in [0.4, 0.5) is 0 Å². The minimum absolute atomic E-state index is 0.280. The van der Waals surface area contributed by atoms with Crippen molar-refractivity contribution in [3.05, 3.63) is 45.9 Å². The zero-order valence-electron chi connectivity index (χ0n) is 20.9. The number of carbonyl (C=O) groups is 3. The Balaban J connectivity index is 1.21. The quantitative estimate of drug-likeness (QED) is 0.187. The molecule has 2 heterocycles. The van der Waals surface area contributed by atoms with Crippen LogP contribution in [0.3, 0.4) is 0 Å². The summed E-state index contributed by atoms with van der Waals surface area (Å²) in [6.07, 6.45) is -2.11. The number of halogens is 1. The van der Waals surface area contributed by atoms with E-state index in [4.69, 9.17) is 4.74 Å². The standard InChI is InChI=1S/C26H32BrN3O7S/c1-14(32)29-21-23(34)22(33)19(13-31)37-26(21)38-12-4-10-28-9-3-11-30-24(35)16-6-2-5-15-18(27)8-7-17(20(15)16)25(30)36/h2,5-8,19,21-23,26,28,31,33-34H,3-4,9-13H2,1H3,(H,29,32)/t19-,21-,22-,23-,26+/m1/s1. The number of aliphatic hydroxyl groups excluding tert-OH is 3. The maximum atomic E-state index is 13.0. The molecule has 0 spiro atoms. The number of nitrogens with zero attached hydrogens (tertiary/aromatic N) is 1. The largest absolute Gasteiger partial charge is 0.394 e. The summed E-state index contributed by atoms with van der Waals surface area (Å²) >= 11 is 4.89. The Morgan fingerprint density at radius 1 is 1.08 bits per heavy atom.